The minimum atomic E-state index is -0.456. The van der Waals surface area contributed by atoms with Crippen molar-refractivity contribution in [1.82, 2.24) is 4.90 Å². The van der Waals surface area contributed by atoms with E-state index in [2.05, 4.69) is 6.07 Å². The number of amides is 1. The lowest BCUT2D eigenvalue weighted by atomic mass is 9.86. The molecule has 5 nitrogen and oxygen atoms in total. The number of carbonyl (C=O) groups is 1. The van der Waals surface area contributed by atoms with Crippen LogP contribution in [0.25, 0.3) is 0 Å². The Hall–Kier alpha value is -1.28. The first-order chi connectivity index (χ1) is 8.84. The SMILES string of the molecule is CC(C)(C)OC(=O)N1CCC2(CC1)C[C@@H](C#N)CO2. The van der Waals surface area contributed by atoms with Gasteiger partial charge in [0.1, 0.15) is 5.60 Å². The molecule has 0 aliphatic carbocycles. The Morgan fingerprint density at radius 1 is 1.42 bits per heavy atom. The highest BCUT2D eigenvalue weighted by molar-refractivity contribution is 5.68. The monoisotopic (exact) mass is 266 g/mol. The first-order valence-electron chi connectivity index (χ1n) is 6.85. The van der Waals surface area contributed by atoms with Gasteiger partial charge in [-0.1, -0.05) is 0 Å². The van der Waals surface area contributed by atoms with Crippen molar-refractivity contribution in [3.05, 3.63) is 0 Å². The second-order valence-corrected chi connectivity index (χ2v) is 6.49. The molecule has 2 aliphatic heterocycles. The zero-order valence-corrected chi connectivity index (χ0v) is 11.9. The van der Waals surface area contributed by atoms with Crippen molar-refractivity contribution in [2.75, 3.05) is 19.7 Å². The fourth-order valence-corrected chi connectivity index (χ4v) is 2.70. The van der Waals surface area contributed by atoms with E-state index in [1.54, 1.807) is 4.90 Å². The van der Waals surface area contributed by atoms with Crippen LogP contribution in [0.4, 0.5) is 4.79 Å². The van der Waals surface area contributed by atoms with Gasteiger partial charge in [0.25, 0.3) is 0 Å². The molecule has 2 saturated heterocycles. The summed E-state index contributed by atoms with van der Waals surface area (Å²) in [6.07, 6.45) is 2.14. The lowest BCUT2D eigenvalue weighted by Crippen LogP contribution is -2.47. The van der Waals surface area contributed by atoms with E-state index < -0.39 is 5.60 Å². The zero-order valence-electron chi connectivity index (χ0n) is 11.9. The van der Waals surface area contributed by atoms with Crippen LogP contribution < -0.4 is 0 Å². The van der Waals surface area contributed by atoms with Crippen LogP contribution in [0.2, 0.25) is 0 Å². The Labute approximate surface area is 114 Å². The third kappa shape index (κ3) is 3.38. The van der Waals surface area contributed by atoms with E-state index in [-0.39, 0.29) is 17.6 Å². The van der Waals surface area contributed by atoms with Gasteiger partial charge in [-0.2, -0.15) is 5.26 Å². The maximum absolute atomic E-state index is 11.9. The molecule has 2 heterocycles. The number of hydrogen-bond donors (Lipinski definition) is 0. The number of carbonyl (C=O) groups excluding carboxylic acids is 1. The molecule has 1 amide bonds. The van der Waals surface area contributed by atoms with E-state index in [9.17, 15) is 4.79 Å². The highest BCUT2D eigenvalue weighted by atomic mass is 16.6. The summed E-state index contributed by atoms with van der Waals surface area (Å²) >= 11 is 0. The molecule has 0 unspecified atom stereocenters. The van der Waals surface area contributed by atoms with Gasteiger partial charge in [-0.15, -0.1) is 0 Å². The predicted octanol–water partition coefficient (Wildman–Crippen LogP) is 2.32. The quantitative estimate of drug-likeness (QED) is 0.675. The van der Waals surface area contributed by atoms with Crippen LogP contribution in [0.15, 0.2) is 0 Å². The van der Waals surface area contributed by atoms with Crippen LogP contribution >= 0.6 is 0 Å². The summed E-state index contributed by atoms with van der Waals surface area (Å²) in [6.45, 7) is 7.43. The van der Waals surface area contributed by atoms with Gasteiger partial charge in [-0.25, -0.2) is 4.79 Å². The van der Waals surface area contributed by atoms with E-state index in [0.717, 1.165) is 19.3 Å². The molecule has 1 atom stereocenters. The minimum absolute atomic E-state index is 0.00748. The standard InChI is InChI=1S/C14H22N2O3/c1-13(2,3)19-12(17)16-6-4-14(5-7-16)8-11(9-15)10-18-14/h11H,4-8,10H2,1-3H3/t11-/m0/s1. The van der Waals surface area contributed by atoms with Gasteiger partial charge in [0.15, 0.2) is 0 Å². The summed E-state index contributed by atoms with van der Waals surface area (Å²) in [5, 5.41) is 8.93. The van der Waals surface area contributed by atoms with Crippen LogP contribution in [0.5, 0.6) is 0 Å². The number of nitriles is 1. The van der Waals surface area contributed by atoms with Crippen molar-refractivity contribution < 1.29 is 14.3 Å². The fourth-order valence-electron chi connectivity index (χ4n) is 2.70. The molecule has 0 aromatic rings. The van der Waals surface area contributed by atoms with E-state index in [4.69, 9.17) is 14.7 Å². The maximum Gasteiger partial charge on any atom is 0.410 e. The van der Waals surface area contributed by atoms with Gasteiger partial charge >= 0.3 is 6.09 Å². The molecule has 19 heavy (non-hydrogen) atoms. The Morgan fingerprint density at radius 2 is 2.05 bits per heavy atom. The van der Waals surface area contributed by atoms with Crippen molar-refractivity contribution in [2.45, 2.75) is 51.2 Å². The van der Waals surface area contributed by atoms with Crippen LogP contribution in [0, 0.1) is 17.2 Å². The Bertz CT molecular complexity index is 386. The summed E-state index contributed by atoms with van der Waals surface area (Å²) < 4.78 is 11.2. The van der Waals surface area contributed by atoms with Crippen LogP contribution in [0.1, 0.15) is 40.0 Å². The molecule has 2 rings (SSSR count). The van der Waals surface area contributed by atoms with E-state index in [0.29, 0.717) is 19.7 Å². The first-order valence-corrected chi connectivity index (χ1v) is 6.85. The summed E-state index contributed by atoms with van der Waals surface area (Å²) in [4.78, 5) is 13.7. The van der Waals surface area contributed by atoms with Crippen LogP contribution in [0.3, 0.4) is 0 Å². The molecule has 0 aromatic heterocycles. The highest BCUT2D eigenvalue weighted by Gasteiger charge is 2.43. The molecule has 2 aliphatic rings. The minimum Gasteiger partial charge on any atom is -0.444 e. The first kappa shape index (κ1) is 14.1. The van der Waals surface area contributed by atoms with Gasteiger partial charge in [-0.3, -0.25) is 0 Å². The van der Waals surface area contributed by atoms with Crippen molar-refractivity contribution >= 4 is 6.09 Å². The molecule has 0 saturated carbocycles. The summed E-state index contributed by atoms with van der Waals surface area (Å²) in [5.41, 5.74) is -0.638. The third-order valence-corrected chi connectivity index (χ3v) is 3.72. The topological polar surface area (TPSA) is 62.6 Å². The zero-order chi connectivity index (χ0) is 14.1. The van der Waals surface area contributed by atoms with E-state index in [1.807, 2.05) is 20.8 Å². The number of nitrogens with zero attached hydrogens (tertiary/aromatic N) is 2. The van der Waals surface area contributed by atoms with Gasteiger partial charge in [0, 0.05) is 13.1 Å². The summed E-state index contributed by atoms with van der Waals surface area (Å²) in [7, 11) is 0. The van der Waals surface area contributed by atoms with E-state index in [1.165, 1.54) is 0 Å². The number of likely N-dealkylation sites (tertiary alicyclic amines) is 1. The largest absolute Gasteiger partial charge is 0.444 e. The molecular formula is C14H22N2O3. The third-order valence-electron chi connectivity index (χ3n) is 3.72. The number of rotatable bonds is 0. The lowest BCUT2D eigenvalue weighted by Gasteiger charge is -2.38. The van der Waals surface area contributed by atoms with Crippen molar-refractivity contribution in [1.29, 1.82) is 5.26 Å². The fraction of sp³-hybridized carbons (Fsp3) is 0.857. The number of hydrogen-bond acceptors (Lipinski definition) is 4. The smallest absolute Gasteiger partial charge is 0.410 e. The highest BCUT2D eigenvalue weighted by Crippen LogP contribution is 2.38. The Morgan fingerprint density at radius 3 is 2.53 bits per heavy atom. The molecule has 5 heteroatoms. The molecule has 0 radical (unpaired) electrons. The van der Waals surface area contributed by atoms with Crippen LogP contribution in [-0.2, 0) is 9.47 Å². The second-order valence-electron chi connectivity index (χ2n) is 6.49. The van der Waals surface area contributed by atoms with Crippen molar-refractivity contribution in [3.63, 3.8) is 0 Å². The predicted molar refractivity (Wildman–Crippen MR) is 69.4 cm³/mol. The average Bonchev–Trinajstić information content (AvgIpc) is 2.71. The van der Waals surface area contributed by atoms with Crippen LogP contribution in [-0.4, -0.2) is 41.9 Å². The molecule has 106 valence electrons. The van der Waals surface area contributed by atoms with Crippen molar-refractivity contribution in [2.24, 2.45) is 5.92 Å². The molecule has 0 aromatic carbocycles. The van der Waals surface area contributed by atoms with Crippen molar-refractivity contribution in [3.8, 4) is 6.07 Å². The normalized spacial score (nSPS) is 26.2. The average molecular weight is 266 g/mol. The Kier molecular flexibility index (Phi) is 3.73. The lowest BCUT2D eigenvalue weighted by molar-refractivity contribution is -0.0485. The maximum atomic E-state index is 11.9. The van der Waals surface area contributed by atoms with E-state index >= 15 is 0 Å². The molecule has 1 spiro atoms. The molecule has 0 N–H and O–H groups in total. The van der Waals surface area contributed by atoms with Gasteiger partial charge in [-0.05, 0) is 40.0 Å². The number of ether oxygens (including phenoxy) is 2. The van der Waals surface area contributed by atoms with Gasteiger partial charge < -0.3 is 14.4 Å². The molecule has 2 fully saturated rings. The molecule has 0 bridgehead atoms. The second kappa shape index (κ2) is 5.01. The van der Waals surface area contributed by atoms with Gasteiger partial charge in [0.05, 0.1) is 24.2 Å². The Balaban J connectivity index is 1.86. The summed E-state index contributed by atoms with van der Waals surface area (Å²) in [6, 6.07) is 2.27. The number of piperidine rings is 1. The molecular weight excluding hydrogens is 244 g/mol. The van der Waals surface area contributed by atoms with Gasteiger partial charge in [0.2, 0.25) is 0 Å². The summed E-state index contributed by atoms with van der Waals surface area (Å²) in [5.74, 6) is 0.00748.